The maximum atomic E-state index is 14.1. The molecule has 3 aromatic rings. The number of halogens is 1. The topological polar surface area (TPSA) is 83.3 Å². The van der Waals surface area contributed by atoms with E-state index >= 15 is 0 Å². The Morgan fingerprint density at radius 2 is 1.93 bits per heavy atom. The van der Waals surface area contributed by atoms with E-state index in [0.29, 0.717) is 16.8 Å². The Morgan fingerprint density at radius 1 is 1.21 bits per heavy atom. The van der Waals surface area contributed by atoms with Crippen LogP contribution >= 0.6 is 11.3 Å². The van der Waals surface area contributed by atoms with Gasteiger partial charge in [-0.3, -0.25) is 9.69 Å². The van der Waals surface area contributed by atoms with Crippen molar-refractivity contribution in [2.75, 3.05) is 4.90 Å². The summed E-state index contributed by atoms with van der Waals surface area (Å²) in [7, 11) is 0. The summed E-state index contributed by atoms with van der Waals surface area (Å²) >= 11 is 1.14. The van der Waals surface area contributed by atoms with E-state index in [-0.39, 0.29) is 23.3 Å². The molecule has 0 saturated heterocycles. The monoisotopic (exact) mass is 395 g/mol. The second-order valence-electron chi connectivity index (χ2n) is 5.69. The number of hydrogen-bond donors (Lipinski definition) is 0. The van der Waals surface area contributed by atoms with Crippen LogP contribution in [0.25, 0.3) is 0 Å². The summed E-state index contributed by atoms with van der Waals surface area (Å²) in [6, 6.07) is 13.9. The van der Waals surface area contributed by atoms with Gasteiger partial charge in [0.05, 0.1) is 28.6 Å². The molecule has 1 heterocycles. The number of amides is 1. The predicted molar refractivity (Wildman–Crippen MR) is 102 cm³/mol. The number of esters is 1. The van der Waals surface area contributed by atoms with Gasteiger partial charge in [0.2, 0.25) is 5.91 Å². The molecule has 0 N–H and O–H groups in total. The van der Waals surface area contributed by atoms with Crippen molar-refractivity contribution in [2.45, 2.75) is 13.5 Å². The van der Waals surface area contributed by atoms with Crippen molar-refractivity contribution in [3.05, 3.63) is 76.5 Å². The van der Waals surface area contributed by atoms with Crippen LogP contribution in [0.5, 0.6) is 0 Å². The summed E-state index contributed by atoms with van der Waals surface area (Å²) in [5, 5.41) is 10.7. The lowest BCUT2D eigenvalue weighted by Gasteiger charge is -2.18. The summed E-state index contributed by atoms with van der Waals surface area (Å²) in [6.45, 7) is 1.22. The molecule has 0 aliphatic heterocycles. The first-order valence-corrected chi connectivity index (χ1v) is 9.04. The second-order valence-corrected chi connectivity index (χ2v) is 6.53. The first kappa shape index (κ1) is 19.2. The normalized spacial score (nSPS) is 10.2. The molecule has 0 atom stereocenters. The van der Waals surface area contributed by atoms with Gasteiger partial charge < -0.3 is 4.74 Å². The Bertz CT molecular complexity index is 1060. The van der Waals surface area contributed by atoms with Crippen LogP contribution < -0.4 is 4.90 Å². The van der Waals surface area contributed by atoms with Crippen LogP contribution in [0.1, 0.15) is 28.5 Å². The molecule has 0 spiro atoms. The lowest BCUT2D eigenvalue weighted by atomic mass is 10.1. The fourth-order valence-corrected chi connectivity index (χ4v) is 3.27. The quantitative estimate of drug-likeness (QED) is 0.605. The Morgan fingerprint density at radius 3 is 2.57 bits per heavy atom. The van der Waals surface area contributed by atoms with Gasteiger partial charge in [-0.15, -0.1) is 11.3 Å². The van der Waals surface area contributed by atoms with E-state index in [9.17, 15) is 14.0 Å². The van der Waals surface area contributed by atoms with Gasteiger partial charge in [0.1, 0.15) is 12.4 Å². The summed E-state index contributed by atoms with van der Waals surface area (Å²) < 4.78 is 19.3. The lowest BCUT2D eigenvalue weighted by Crippen LogP contribution is -2.23. The Labute approximate surface area is 164 Å². The molecule has 140 valence electrons. The molecule has 0 aliphatic rings. The molecule has 2 aromatic carbocycles. The Hall–Kier alpha value is -3.57. The number of para-hydroxylation sites is 1. The van der Waals surface area contributed by atoms with Gasteiger partial charge >= 0.3 is 5.97 Å². The molecule has 0 unspecified atom stereocenters. The van der Waals surface area contributed by atoms with Crippen molar-refractivity contribution >= 4 is 34.0 Å². The fraction of sp³-hybridized carbons (Fsp3) is 0.100. The van der Waals surface area contributed by atoms with Crippen LogP contribution in [0, 0.1) is 17.1 Å². The number of benzene rings is 2. The highest BCUT2D eigenvalue weighted by atomic mass is 32.1. The van der Waals surface area contributed by atoms with Crippen molar-refractivity contribution in [3.8, 4) is 6.07 Å². The van der Waals surface area contributed by atoms with Crippen LogP contribution in [0.3, 0.4) is 0 Å². The van der Waals surface area contributed by atoms with Crippen molar-refractivity contribution in [3.63, 3.8) is 0 Å². The number of anilines is 2. The Kier molecular flexibility index (Phi) is 5.77. The molecule has 3 rings (SSSR count). The lowest BCUT2D eigenvalue weighted by molar-refractivity contribution is -0.115. The molecular formula is C20H14FN3O3S. The summed E-state index contributed by atoms with van der Waals surface area (Å²) in [5.74, 6) is -1.49. The van der Waals surface area contributed by atoms with Gasteiger partial charge in [-0.05, 0) is 36.4 Å². The van der Waals surface area contributed by atoms with Gasteiger partial charge in [-0.2, -0.15) is 5.26 Å². The number of carbonyl (C=O) groups is 2. The van der Waals surface area contributed by atoms with E-state index in [2.05, 4.69) is 4.98 Å². The molecule has 0 saturated carbocycles. The van der Waals surface area contributed by atoms with Crippen LogP contribution in [-0.4, -0.2) is 16.9 Å². The first-order valence-electron chi connectivity index (χ1n) is 8.16. The standard InChI is InChI=1S/C20H14FN3O3S/c1-13(25)24(18-5-3-2-4-17(18)21)20-23-16(12-28-20)11-27-19(26)15-8-6-14(10-22)7-9-15/h2-9,12H,11H2,1H3. The average Bonchev–Trinajstić information content (AvgIpc) is 3.16. The van der Waals surface area contributed by atoms with Crippen LogP contribution in [-0.2, 0) is 16.1 Å². The molecule has 1 aromatic heterocycles. The number of nitrogens with zero attached hydrogens (tertiary/aromatic N) is 3. The third-order valence-corrected chi connectivity index (χ3v) is 4.61. The van der Waals surface area contributed by atoms with Gasteiger partial charge in [-0.25, -0.2) is 14.2 Å². The van der Waals surface area contributed by atoms with Crippen molar-refractivity contribution in [2.24, 2.45) is 0 Å². The molecule has 8 heteroatoms. The van der Waals surface area contributed by atoms with E-state index in [1.165, 1.54) is 54.3 Å². The minimum Gasteiger partial charge on any atom is -0.456 e. The van der Waals surface area contributed by atoms with Gasteiger partial charge in [0, 0.05) is 12.3 Å². The van der Waals surface area contributed by atoms with E-state index in [4.69, 9.17) is 10.00 Å². The summed E-state index contributed by atoms with van der Waals surface area (Å²) in [4.78, 5) is 29.6. The number of aromatic nitrogens is 1. The highest BCUT2D eigenvalue weighted by Crippen LogP contribution is 2.30. The van der Waals surface area contributed by atoms with Crippen molar-refractivity contribution in [1.29, 1.82) is 5.26 Å². The number of carbonyl (C=O) groups excluding carboxylic acids is 2. The smallest absolute Gasteiger partial charge is 0.338 e. The SMILES string of the molecule is CC(=O)N(c1nc(COC(=O)c2ccc(C#N)cc2)cs1)c1ccccc1F. The van der Waals surface area contributed by atoms with Crippen LogP contribution in [0.2, 0.25) is 0 Å². The predicted octanol–water partition coefficient (Wildman–Crippen LogP) is 4.20. The molecule has 0 aliphatic carbocycles. The van der Waals surface area contributed by atoms with Crippen molar-refractivity contribution in [1.82, 2.24) is 4.98 Å². The van der Waals surface area contributed by atoms with Crippen LogP contribution in [0.4, 0.5) is 15.2 Å². The van der Waals surface area contributed by atoms with E-state index in [1.54, 1.807) is 11.4 Å². The number of thiazole rings is 1. The molecule has 28 heavy (non-hydrogen) atoms. The van der Waals surface area contributed by atoms with Crippen molar-refractivity contribution < 1.29 is 18.7 Å². The van der Waals surface area contributed by atoms with Gasteiger partial charge in [0.15, 0.2) is 5.13 Å². The third-order valence-electron chi connectivity index (χ3n) is 3.74. The number of nitriles is 1. The maximum absolute atomic E-state index is 14.1. The third kappa shape index (κ3) is 4.22. The zero-order chi connectivity index (χ0) is 20.1. The summed E-state index contributed by atoms with van der Waals surface area (Å²) in [6.07, 6.45) is 0. The molecule has 0 radical (unpaired) electrons. The number of hydrogen-bond acceptors (Lipinski definition) is 6. The van der Waals surface area contributed by atoms with Gasteiger partial charge in [-0.1, -0.05) is 12.1 Å². The first-order chi connectivity index (χ1) is 13.5. The Balaban J connectivity index is 1.72. The summed E-state index contributed by atoms with van der Waals surface area (Å²) in [5.41, 5.74) is 1.29. The zero-order valence-corrected chi connectivity index (χ0v) is 15.6. The van der Waals surface area contributed by atoms with Gasteiger partial charge in [0.25, 0.3) is 0 Å². The zero-order valence-electron chi connectivity index (χ0n) is 14.8. The number of rotatable bonds is 5. The minimum absolute atomic E-state index is 0.0989. The molecule has 1 amide bonds. The van der Waals surface area contributed by atoms with E-state index in [0.717, 1.165) is 11.3 Å². The highest BCUT2D eigenvalue weighted by molar-refractivity contribution is 7.14. The average molecular weight is 395 g/mol. The molecule has 0 bridgehead atoms. The minimum atomic E-state index is -0.559. The molecule has 0 fully saturated rings. The molecule has 6 nitrogen and oxygen atoms in total. The fourth-order valence-electron chi connectivity index (χ4n) is 2.41. The maximum Gasteiger partial charge on any atom is 0.338 e. The van der Waals surface area contributed by atoms with E-state index in [1.807, 2.05) is 6.07 Å². The second kappa shape index (κ2) is 8.41. The largest absolute Gasteiger partial charge is 0.456 e. The molecular weight excluding hydrogens is 381 g/mol. The van der Waals surface area contributed by atoms with Crippen LogP contribution in [0.15, 0.2) is 53.9 Å². The van der Waals surface area contributed by atoms with E-state index < -0.39 is 11.8 Å². The number of ether oxygens (including phenoxy) is 1. The highest BCUT2D eigenvalue weighted by Gasteiger charge is 2.21.